The van der Waals surface area contributed by atoms with Gasteiger partial charge in [-0.05, 0) is 128 Å². The van der Waals surface area contributed by atoms with Gasteiger partial charge in [0.25, 0.3) is 0 Å². The van der Waals surface area contributed by atoms with Crippen molar-refractivity contribution in [3.8, 4) is 30.6 Å². The van der Waals surface area contributed by atoms with Crippen LogP contribution in [0, 0.1) is 13.8 Å². The maximum absolute atomic E-state index is 2.55. The summed E-state index contributed by atoms with van der Waals surface area (Å²) in [6, 6.07) is 33.6. The van der Waals surface area contributed by atoms with E-state index in [2.05, 4.69) is 126 Å². The molecule has 0 nitrogen and oxygen atoms in total. The normalized spacial score (nSPS) is 15.6. The molecule has 4 heteroatoms. The van der Waals surface area contributed by atoms with Gasteiger partial charge in [0, 0.05) is 60.3 Å². The number of rotatable bonds is 1. The zero-order valence-corrected chi connectivity index (χ0v) is 31.0. The molecule has 2 aliphatic rings. The summed E-state index contributed by atoms with van der Waals surface area (Å²) in [4.78, 5) is 8.50. The van der Waals surface area contributed by atoms with Crippen LogP contribution in [-0.2, 0) is 10.8 Å². The smallest absolute Gasteiger partial charge is 0.0455 e. The summed E-state index contributed by atoms with van der Waals surface area (Å²) < 4.78 is 2.74. The van der Waals surface area contributed by atoms with Gasteiger partial charge in [0.05, 0.1) is 0 Å². The lowest BCUT2D eigenvalue weighted by molar-refractivity contribution is 0.653. The van der Waals surface area contributed by atoms with E-state index in [1.165, 1.54) is 115 Å². The van der Waals surface area contributed by atoms with E-state index in [-0.39, 0.29) is 10.8 Å². The average Bonchev–Trinajstić information content (AvgIpc) is 3.89. The Hall–Kier alpha value is -3.80. The summed E-state index contributed by atoms with van der Waals surface area (Å²) in [6.07, 6.45) is 0. The first-order valence-corrected chi connectivity index (χ1v) is 20.0. The Kier molecular flexibility index (Phi) is 5.29. The zero-order valence-electron chi connectivity index (χ0n) is 27.7. The van der Waals surface area contributed by atoms with Crippen LogP contribution in [0.1, 0.15) is 59.7 Å². The van der Waals surface area contributed by atoms with E-state index < -0.39 is 0 Å². The summed E-state index contributed by atoms with van der Waals surface area (Å²) in [5.41, 5.74) is 8.89. The lowest BCUT2D eigenvalue weighted by atomic mass is 9.79. The van der Waals surface area contributed by atoms with Crippen LogP contribution in [-0.4, -0.2) is 0 Å². The van der Waals surface area contributed by atoms with E-state index in [0.29, 0.717) is 0 Å². The SMILES string of the molecule is Cc1cc2c(s1)-c1cc3c(cc1C2(C)C)-c1sc(-c2cc4c(ccc5c4ccc4c6ccc7sc(C)cc7c6ccc54)s2)cc1C3(C)C. The molecular formula is C44H32S4. The predicted molar refractivity (Wildman–Crippen MR) is 216 cm³/mol. The number of fused-ring (bicyclic) bond motifs is 15. The topological polar surface area (TPSA) is 0 Å². The molecule has 11 rings (SSSR count). The molecule has 0 saturated heterocycles. The molecule has 5 aromatic carbocycles. The van der Waals surface area contributed by atoms with Gasteiger partial charge < -0.3 is 0 Å². The van der Waals surface area contributed by atoms with E-state index in [4.69, 9.17) is 0 Å². The van der Waals surface area contributed by atoms with Crippen molar-refractivity contribution in [3.05, 3.63) is 117 Å². The van der Waals surface area contributed by atoms with E-state index in [1.54, 1.807) is 0 Å². The number of benzene rings is 5. The van der Waals surface area contributed by atoms with E-state index in [0.717, 1.165) is 0 Å². The Morgan fingerprint density at radius 3 is 1.42 bits per heavy atom. The quantitative estimate of drug-likeness (QED) is 0.151. The van der Waals surface area contributed by atoms with Crippen LogP contribution in [0.5, 0.6) is 0 Å². The lowest BCUT2D eigenvalue weighted by Gasteiger charge is -2.24. The van der Waals surface area contributed by atoms with Crippen LogP contribution in [0.25, 0.3) is 83.1 Å². The molecule has 0 atom stereocenters. The number of hydrogen-bond donors (Lipinski definition) is 0. The first kappa shape index (κ1) is 28.1. The fourth-order valence-electron chi connectivity index (χ4n) is 8.98. The highest BCUT2D eigenvalue weighted by molar-refractivity contribution is 7.27. The standard InChI is InChI=1S/C44H32S4/c1-21-15-29-27-9-7-24-23(25(27)11-13-37(29)45-21)8-10-28-26(24)12-14-38-30(28)19-39(47-38)40-20-36-42(48-40)32-18-33-31(17-34(32)44(36,5)6)41-35(43(33,3)4)16-22(2)46-41/h7-20H,1-6H3. The number of thiophene rings is 4. The van der Waals surface area contributed by atoms with Gasteiger partial charge in [-0.25, -0.2) is 0 Å². The molecule has 9 aromatic rings. The molecule has 48 heavy (non-hydrogen) atoms. The second-order valence-electron chi connectivity index (χ2n) is 15.0. The first-order chi connectivity index (χ1) is 23.1. The highest BCUT2D eigenvalue weighted by Crippen LogP contribution is 2.60. The molecule has 0 spiro atoms. The zero-order chi connectivity index (χ0) is 32.4. The lowest BCUT2D eigenvalue weighted by Crippen LogP contribution is -2.16. The minimum Gasteiger partial charge on any atom is -0.141 e. The Labute approximate surface area is 295 Å². The second-order valence-corrected chi connectivity index (χ2v) is 19.7. The first-order valence-electron chi connectivity index (χ1n) is 16.7. The van der Waals surface area contributed by atoms with Crippen LogP contribution in [0.2, 0.25) is 0 Å². The van der Waals surface area contributed by atoms with Gasteiger partial charge in [-0.1, -0.05) is 64.1 Å². The molecule has 0 radical (unpaired) electrons. The fraction of sp³-hybridized carbons (Fsp3) is 0.182. The minimum absolute atomic E-state index is 0.0218. The van der Waals surface area contributed by atoms with Crippen molar-refractivity contribution >= 4 is 97.8 Å². The maximum atomic E-state index is 2.55. The highest BCUT2D eigenvalue weighted by atomic mass is 32.1. The largest absolute Gasteiger partial charge is 0.141 e. The van der Waals surface area contributed by atoms with Crippen molar-refractivity contribution in [1.82, 2.24) is 0 Å². The van der Waals surface area contributed by atoms with E-state index in [9.17, 15) is 0 Å². The fourth-order valence-corrected chi connectivity index (χ4v) is 13.6. The third kappa shape index (κ3) is 3.44. The van der Waals surface area contributed by atoms with Gasteiger partial charge in [0.1, 0.15) is 0 Å². The van der Waals surface area contributed by atoms with Crippen molar-refractivity contribution in [1.29, 1.82) is 0 Å². The van der Waals surface area contributed by atoms with Crippen LogP contribution in [0.15, 0.2) is 84.9 Å². The van der Waals surface area contributed by atoms with Crippen molar-refractivity contribution in [2.24, 2.45) is 0 Å². The van der Waals surface area contributed by atoms with Crippen LogP contribution in [0.3, 0.4) is 0 Å². The monoisotopic (exact) mass is 688 g/mol. The predicted octanol–water partition coefficient (Wildman–Crippen LogP) is 14.6. The molecule has 4 aromatic heterocycles. The highest BCUT2D eigenvalue weighted by Gasteiger charge is 2.43. The summed E-state index contributed by atoms with van der Waals surface area (Å²) >= 11 is 7.78. The van der Waals surface area contributed by atoms with Crippen molar-refractivity contribution in [2.45, 2.75) is 52.4 Å². The third-order valence-electron chi connectivity index (χ3n) is 11.5. The number of aryl methyl sites for hydroxylation is 2. The molecule has 0 aliphatic heterocycles. The van der Waals surface area contributed by atoms with Crippen molar-refractivity contribution in [3.63, 3.8) is 0 Å². The van der Waals surface area contributed by atoms with E-state index in [1.807, 2.05) is 45.3 Å². The van der Waals surface area contributed by atoms with Crippen LogP contribution in [0.4, 0.5) is 0 Å². The Balaban J connectivity index is 1.05. The molecule has 0 amide bonds. The summed E-state index contributed by atoms with van der Waals surface area (Å²) in [6.45, 7) is 14.1. The van der Waals surface area contributed by atoms with Gasteiger partial charge in [0.15, 0.2) is 0 Å². The number of hydrogen-bond acceptors (Lipinski definition) is 4. The Morgan fingerprint density at radius 1 is 0.375 bits per heavy atom. The minimum atomic E-state index is -0.0218. The Morgan fingerprint density at radius 2 is 0.812 bits per heavy atom. The van der Waals surface area contributed by atoms with Gasteiger partial charge in [-0.3, -0.25) is 0 Å². The molecule has 0 fully saturated rings. The van der Waals surface area contributed by atoms with Crippen molar-refractivity contribution < 1.29 is 0 Å². The summed E-state index contributed by atoms with van der Waals surface area (Å²) in [7, 11) is 0. The molecule has 0 N–H and O–H groups in total. The molecule has 2 aliphatic carbocycles. The molecule has 0 unspecified atom stereocenters. The van der Waals surface area contributed by atoms with Crippen molar-refractivity contribution in [2.75, 3.05) is 0 Å². The summed E-state index contributed by atoms with van der Waals surface area (Å²) in [5.74, 6) is 0. The van der Waals surface area contributed by atoms with Gasteiger partial charge in [0.2, 0.25) is 0 Å². The molecule has 0 bridgehead atoms. The maximum Gasteiger partial charge on any atom is 0.0455 e. The molecule has 232 valence electrons. The molecule has 4 heterocycles. The van der Waals surface area contributed by atoms with Gasteiger partial charge in [-0.2, -0.15) is 0 Å². The summed E-state index contributed by atoms with van der Waals surface area (Å²) in [5, 5.41) is 10.8. The van der Waals surface area contributed by atoms with Gasteiger partial charge in [-0.15, -0.1) is 45.3 Å². The van der Waals surface area contributed by atoms with Crippen LogP contribution < -0.4 is 0 Å². The van der Waals surface area contributed by atoms with E-state index >= 15 is 0 Å². The Bertz CT molecular complexity index is 2910. The molecular weight excluding hydrogens is 657 g/mol. The van der Waals surface area contributed by atoms with Crippen LogP contribution >= 0.6 is 45.3 Å². The third-order valence-corrected chi connectivity index (χ3v) is 16.0. The van der Waals surface area contributed by atoms with Gasteiger partial charge >= 0.3 is 0 Å². The molecule has 0 saturated carbocycles. The average molecular weight is 689 g/mol. The second kappa shape index (κ2) is 9.05.